The lowest BCUT2D eigenvalue weighted by Gasteiger charge is -2.12. The molecule has 3 nitrogen and oxygen atoms in total. The first-order valence-corrected chi connectivity index (χ1v) is 5.39. The molecule has 76 valence electrons. The summed E-state index contributed by atoms with van der Waals surface area (Å²) in [6.07, 6.45) is 0. The van der Waals surface area contributed by atoms with Gasteiger partial charge >= 0.3 is 0 Å². The third kappa shape index (κ3) is 3.03. The van der Waals surface area contributed by atoms with Crippen molar-refractivity contribution < 1.29 is 4.79 Å². The summed E-state index contributed by atoms with van der Waals surface area (Å²) >= 11 is 3.09. The number of nitrogens with one attached hydrogen (secondary N) is 1. The molecule has 4 heteroatoms. The molecule has 1 rings (SSSR count). The molecule has 0 aliphatic carbocycles. The van der Waals surface area contributed by atoms with Gasteiger partial charge < -0.3 is 10.2 Å². The Morgan fingerprint density at radius 1 is 1.36 bits per heavy atom. The van der Waals surface area contributed by atoms with E-state index in [1.54, 1.807) is 0 Å². The van der Waals surface area contributed by atoms with Gasteiger partial charge in [-0.1, -0.05) is 15.9 Å². The smallest absolute Gasteiger partial charge is 0.235 e. The number of carbonyl (C=O) groups excluding carboxylic acids is 1. The zero-order valence-corrected chi connectivity index (χ0v) is 9.84. The minimum absolute atomic E-state index is 0.0393. The van der Waals surface area contributed by atoms with Crippen LogP contribution in [0.25, 0.3) is 0 Å². The highest BCUT2D eigenvalue weighted by atomic mass is 79.9. The molecule has 0 radical (unpaired) electrons. The van der Waals surface area contributed by atoms with Gasteiger partial charge in [0.15, 0.2) is 0 Å². The average molecular weight is 257 g/mol. The van der Waals surface area contributed by atoms with Crippen molar-refractivity contribution in [3.05, 3.63) is 24.3 Å². The zero-order chi connectivity index (χ0) is 10.6. The Kier molecular flexibility index (Phi) is 3.95. The average Bonchev–Trinajstić information content (AvgIpc) is 2.18. The molecule has 0 spiro atoms. The van der Waals surface area contributed by atoms with E-state index in [-0.39, 0.29) is 5.91 Å². The molecule has 0 saturated heterocycles. The number of amides is 1. The SMILES string of the molecule is CN(C)c1ccc(NC(=O)CBr)cc1. The Morgan fingerprint density at radius 2 is 1.93 bits per heavy atom. The zero-order valence-electron chi connectivity index (χ0n) is 8.25. The maximum absolute atomic E-state index is 11.0. The molecule has 0 aromatic heterocycles. The van der Waals surface area contributed by atoms with Gasteiger partial charge in [0.1, 0.15) is 0 Å². The summed E-state index contributed by atoms with van der Waals surface area (Å²) in [5.74, 6) is -0.0393. The number of hydrogen-bond donors (Lipinski definition) is 1. The molecule has 1 aromatic rings. The summed E-state index contributed by atoms with van der Waals surface area (Å²) in [4.78, 5) is 13.0. The summed E-state index contributed by atoms with van der Waals surface area (Å²) < 4.78 is 0. The van der Waals surface area contributed by atoms with Crippen LogP contribution in [-0.2, 0) is 4.79 Å². The highest BCUT2D eigenvalue weighted by Gasteiger charge is 1.99. The Hall–Kier alpha value is -1.03. The molecule has 0 bridgehead atoms. The second-order valence-electron chi connectivity index (χ2n) is 3.12. The van der Waals surface area contributed by atoms with E-state index in [1.807, 2.05) is 43.3 Å². The standard InChI is InChI=1S/C10H13BrN2O/c1-13(2)9-5-3-8(4-6-9)12-10(14)7-11/h3-6H,7H2,1-2H3,(H,12,14). The summed E-state index contributed by atoms with van der Waals surface area (Å²) in [7, 11) is 3.96. The highest BCUT2D eigenvalue weighted by molar-refractivity contribution is 9.09. The fourth-order valence-electron chi connectivity index (χ4n) is 1.04. The lowest BCUT2D eigenvalue weighted by atomic mass is 10.2. The molecule has 0 saturated carbocycles. The molecule has 0 aliphatic rings. The second kappa shape index (κ2) is 5.00. The van der Waals surface area contributed by atoms with E-state index in [0.29, 0.717) is 5.33 Å². The van der Waals surface area contributed by atoms with Crippen molar-refractivity contribution in [2.24, 2.45) is 0 Å². The van der Waals surface area contributed by atoms with Gasteiger partial charge in [-0.2, -0.15) is 0 Å². The molecule has 0 heterocycles. The summed E-state index contributed by atoms with van der Waals surface area (Å²) in [6, 6.07) is 7.69. The molecule has 0 unspecified atom stereocenters. The third-order valence-corrected chi connectivity index (χ3v) is 2.30. The van der Waals surface area contributed by atoms with Crippen molar-refractivity contribution >= 4 is 33.2 Å². The van der Waals surface area contributed by atoms with E-state index in [0.717, 1.165) is 11.4 Å². The number of rotatable bonds is 3. The Balaban J connectivity index is 2.69. The summed E-state index contributed by atoms with van der Waals surface area (Å²) in [5, 5.41) is 3.08. The van der Waals surface area contributed by atoms with Crippen LogP contribution in [0, 0.1) is 0 Å². The van der Waals surface area contributed by atoms with Gasteiger partial charge in [0.25, 0.3) is 0 Å². The largest absolute Gasteiger partial charge is 0.378 e. The maximum atomic E-state index is 11.0. The van der Waals surface area contributed by atoms with Gasteiger partial charge in [0.2, 0.25) is 5.91 Å². The minimum Gasteiger partial charge on any atom is -0.378 e. The van der Waals surface area contributed by atoms with E-state index in [9.17, 15) is 4.79 Å². The number of hydrogen-bond acceptors (Lipinski definition) is 2. The third-order valence-electron chi connectivity index (χ3n) is 1.79. The predicted molar refractivity (Wildman–Crippen MR) is 63.2 cm³/mol. The predicted octanol–water partition coefficient (Wildman–Crippen LogP) is 2.09. The number of nitrogens with zero attached hydrogens (tertiary/aromatic N) is 1. The van der Waals surface area contributed by atoms with Gasteiger partial charge in [-0.15, -0.1) is 0 Å². The van der Waals surface area contributed by atoms with Crippen molar-refractivity contribution in [1.29, 1.82) is 0 Å². The van der Waals surface area contributed by atoms with E-state index < -0.39 is 0 Å². The maximum Gasteiger partial charge on any atom is 0.235 e. The molecule has 14 heavy (non-hydrogen) atoms. The van der Waals surface area contributed by atoms with E-state index >= 15 is 0 Å². The summed E-state index contributed by atoms with van der Waals surface area (Å²) in [6.45, 7) is 0. The van der Waals surface area contributed by atoms with Crippen molar-refractivity contribution in [2.45, 2.75) is 0 Å². The van der Waals surface area contributed by atoms with Crippen LogP contribution < -0.4 is 10.2 Å². The van der Waals surface area contributed by atoms with Crippen molar-refractivity contribution in [2.75, 3.05) is 29.6 Å². The fourth-order valence-corrected chi connectivity index (χ4v) is 1.18. The van der Waals surface area contributed by atoms with Gasteiger partial charge in [-0.05, 0) is 24.3 Å². The van der Waals surface area contributed by atoms with E-state index in [1.165, 1.54) is 0 Å². The first kappa shape index (κ1) is 11.0. The summed E-state index contributed by atoms with van der Waals surface area (Å²) in [5.41, 5.74) is 1.93. The minimum atomic E-state index is -0.0393. The number of alkyl halides is 1. The van der Waals surface area contributed by atoms with Crippen LogP contribution in [-0.4, -0.2) is 25.3 Å². The van der Waals surface area contributed by atoms with Crippen LogP contribution in [0.4, 0.5) is 11.4 Å². The first-order valence-electron chi connectivity index (χ1n) is 4.26. The fraction of sp³-hybridized carbons (Fsp3) is 0.300. The molecule has 0 atom stereocenters. The number of anilines is 2. The number of carbonyl (C=O) groups is 1. The normalized spacial score (nSPS) is 9.64. The Morgan fingerprint density at radius 3 is 2.36 bits per heavy atom. The molecule has 0 aliphatic heterocycles. The molecule has 0 fully saturated rings. The van der Waals surface area contributed by atoms with Crippen LogP contribution in [0.15, 0.2) is 24.3 Å². The van der Waals surface area contributed by atoms with Crippen molar-refractivity contribution in [1.82, 2.24) is 0 Å². The topological polar surface area (TPSA) is 32.3 Å². The Bertz CT molecular complexity index is 308. The Labute approximate surface area is 92.2 Å². The van der Waals surface area contributed by atoms with Gasteiger partial charge in [-0.3, -0.25) is 4.79 Å². The van der Waals surface area contributed by atoms with Crippen LogP contribution in [0.1, 0.15) is 0 Å². The van der Waals surface area contributed by atoms with Crippen molar-refractivity contribution in [3.63, 3.8) is 0 Å². The quantitative estimate of drug-likeness (QED) is 0.841. The van der Waals surface area contributed by atoms with Crippen LogP contribution in [0.2, 0.25) is 0 Å². The number of benzene rings is 1. The van der Waals surface area contributed by atoms with E-state index in [4.69, 9.17) is 0 Å². The van der Waals surface area contributed by atoms with Gasteiger partial charge in [0, 0.05) is 25.5 Å². The molecular weight excluding hydrogens is 244 g/mol. The van der Waals surface area contributed by atoms with Gasteiger partial charge in [0.05, 0.1) is 5.33 Å². The number of halogens is 1. The monoisotopic (exact) mass is 256 g/mol. The molecule has 1 amide bonds. The first-order chi connectivity index (χ1) is 6.63. The van der Waals surface area contributed by atoms with Crippen LogP contribution in [0.3, 0.4) is 0 Å². The molecule has 1 aromatic carbocycles. The van der Waals surface area contributed by atoms with Crippen LogP contribution >= 0.6 is 15.9 Å². The van der Waals surface area contributed by atoms with E-state index in [2.05, 4.69) is 21.2 Å². The van der Waals surface area contributed by atoms with Gasteiger partial charge in [-0.25, -0.2) is 0 Å². The second-order valence-corrected chi connectivity index (χ2v) is 3.68. The van der Waals surface area contributed by atoms with Crippen molar-refractivity contribution in [3.8, 4) is 0 Å². The molecule has 1 N–H and O–H groups in total. The lowest BCUT2D eigenvalue weighted by Crippen LogP contribution is -2.12. The lowest BCUT2D eigenvalue weighted by molar-refractivity contribution is -0.113. The van der Waals surface area contributed by atoms with Crippen LogP contribution in [0.5, 0.6) is 0 Å². The molecular formula is C10H13BrN2O. The highest BCUT2D eigenvalue weighted by Crippen LogP contribution is 2.15.